The SMILES string of the molecule is OB(O)c1cc(F)cc(Cn2cc(Cl)cn2)c1. The van der Waals surface area contributed by atoms with Gasteiger partial charge < -0.3 is 10.0 Å². The molecule has 2 rings (SSSR count). The lowest BCUT2D eigenvalue weighted by molar-refractivity contribution is 0.425. The fourth-order valence-electron chi connectivity index (χ4n) is 1.53. The van der Waals surface area contributed by atoms with Gasteiger partial charge in [0.15, 0.2) is 0 Å². The first-order chi connectivity index (χ1) is 8.04. The lowest BCUT2D eigenvalue weighted by atomic mass is 9.79. The summed E-state index contributed by atoms with van der Waals surface area (Å²) in [5.74, 6) is -0.524. The van der Waals surface area contributed by atoms with Crippen molar-refractivity contribution in [3.63, 3.8) is 0 Å². The van der Waals surface area contributed by atoms with E-state index >= 15 is 0 Å². The molecule has 88 valence electrons. The third-order valence-electron chi connectivity index (χ3n) is 2.22. The lowest BCUT2D eigenvalue weighted by Gasteiger charge is -2.05. The summed E-state index contributed by atoms with van der Waals surface area (Å²) in [6, 6.07) is 3.88. The molecule has 2 aromatic rings. The molecule has 0 aliphatic carbocycles. The van der Waals surface area contributed by atoms with Crippen LogP contribution in [0.1, 0.15) is 5.56 Å². The summed E-state index contributed by atoms with van der Waals surface area (Å²) in [5, 5.41) is 22.4. The van der Waals surface area contributed by atoms with Crippen LogP contribution in [0.2, 0.25) is 5.02 Å². The van der Waals surface area contributed by atoms with Gasteiger partial charge in [-0.25, -0.2) is 4.39 Å². The van der Waals surface area contributed by atoms with Gasteiger partial charge in [0.1, 0.15) is 5.82 Å². The van der Waals surface area contributed by atoms with Crippen molar-refractivity contribution in [2.24, 2.45) is 0 Å². The van der Waals surface area contributed by atoms with Crippen molar-refractivity contribution in [3.05, 3.63) is 47.0 Å². The van der Waals surface area contributed by atoms with E-state index in [1.54, 1.807) is 6.20 Å². The number of benzene rings is 1. The van der Waals surface area contributed by atoms with Crippen LogP contribution in [0.5, 0.6) is 0 Å². The molecule has 0 aliphatic rings. The van der Waals surface area contributed by atoms with Crippen molar-refractivity contribution in [3.8, 4) is 0 Å². The van der Waals surface area contributed by atoms with Crippen molar-refractivity contribution in [2.45, 2.75) is 6.54 Å². The van der Waals surface area contributed by atoms with Gasteiger partial charge >= 0.3 is 7.12 Å². The maximum absolute atomic E-state index is 13.2. The molecule has 17 heavy (non-hydrogen) atoms. The zero-order chi connectivity index (χ0) is 12.4. The molecule has 0 atom stereocenters. The highest BCUT2D eigenvalue weighted by Gasteiger charge is 2.13. The summed E-state index contributed by atoms with van der Waals surface area (Å²) in [4.78, 5) is 0. The van der Waals surface area contributed by atoms with Crippen molar-refractivity contribution < 1.29 is 14.4 Å². The van der Waals surface area contributed by atoms with Crippen LogP contribution in [-0.4, -0.2) is 26.9 Å². The molecule has 0 bridgehead atoms. The first kappa shape index (κ1) is 12.1. The topological polar surface area (TPSA) is 58.3 Å². The highest BCUT2D eigenvalue weighted by molar-refractivity contribution is 6.58. The third-order valence-corrected chi connectivity index (χ3v) is 2.42. The van der Waals surface area contributed by atoms with E-state index in [0.717, 1.165) is 6.07 Å². The second kappa shape index (κ2) is 4.87. The van der Waals surface area contributed by atoms with Crippen molar-refractivity contribution in [2.75, 3.05) is 0 Å². The van der Waals surface area contributed by atoms with Crippen LogP contribution in [0.3, 0.4) is 0 Å². The molecular weight excluding hydrogens is 245 g/mol. The van der Waals surface area contributed by atoms with Crippen LogP contribution in [0, 0.1) is 5.82 Å². The fourth-order valence-corrected chi connectivity index (χ4v) is 1.68. The molecule has 0 radical (unpaired) electrons. The van der Waals surface area contributed by atoms with Gasteiger partial charge in [-0.05, 0) is 23.2 Å². The smallest absolute Gasteiger partial charge is 0.423 e. The summed E-state index contributed by atoms with van der Waals surface area (Å²) in [6.07, 6.45) is 3.07. The number of rotatable bonds is 3. The number of hydrogen-bond donors (Lipinski definition) is 2. The van der Waals surface area contributed by atoms with Gasteiger partial charge in [-0.15, -0.1) is 0 Å². The van der Waals surface area contributed by atoms with E-state index in [1.165, 1.54) is 23.0 Å². The van der Waals surface area contributed by atoms with E-state index in [0.29, 0.717) is 17.1 Å². The van der Waals surface area contributed by atoms with E-state index in [9.17, 15) is 4.39 Å². The number of halogens is 2. The Labute approximate surface area is 102 Å². The summed E-state index contributed by atoms with van der Waals surface area (Å²) >= 11 is 5.70. The zero-order valence-electron chi connectivity index (χ0n) is 8.72. The summed E-state index contributed by atoms with van der Waals surface area (Å²) < 4.78 is 14.8. The highest BCUT2D eigenvalue weighted by Crippen LogP contribution is 2.08. The van der Waals surface area contributed by atoms with Crippen molar-refractivity contribution >= 4 is 24.2 Å². The maximum atomic E-state index is 13.2. The van der Waals surface area contributed by atoms with Crippen LogP contribution in [0.4, 0.5) is 4.39 Å². The Hall–Kier alpha value is -1.37. The van der Waals surface area contributed by atoms with Crippen LogP contribution in [0.15, 0.2) is 30.6 Å². The van der Waals surface area contributed by atoms with Gasteiger partial charge in [0, 0.05) is 6.20 Å². The molecule has 0 saturated heterocycles. The van der Waals surface area contributed by atoms with Gasteiger partial charge in [-0.3, -0.25) is 4.68 Å². The quantitative estimate of drug-likeness (QED) is 0.780. The molecule has 0 fully saturated rings. The Morgan fingerprint density at radius 1 is 1.35 bits per heavy atom. The average Bonchev–Trinajstić information content (AvgIpc) is 2.63. The maximum Gasteiger partial charge on any atom is 0.488 e. The molecule has 7 heteroatoms. The predicted octanol–water partition coefficient (Wildman–Crippen LogP) is 0.404. The summed E-state index contributed by atoms with van der Waals surface area (Å²) in [5.41, 5.74) is 0.686. The summed E-state index contributed by atoms with van der Waals surface area (Å²) in [6.45, 7) is 0.310. The molecule has 1 heterocycles. The molecule has 0 unspecified atom stereocenters. The molecule has 4 nitrogen and oxygen atoms in total. The molecular formula is C10H9BClFN2O2. The van der Waals surface area contributed by atoms with Gasteiger partial charge in [-0.2, -0.15) is 5.10 Å². The second-order valence-electron chi connectivity index (χ2n) is 3.62. The molecule has 2 N–H and O–H groups in total. The Bertz CT molecular complexity index is 533. The van der Waals surface area contributed by atoms with Crippen LogP contribution in [-0.2, 0) is 6.54 Å². The Morgan fingerprint density at radius 3 is 2.71 bits per heavy atom. The zero-order valence-corrected chi connectivity index (χ0v) is 9.47. The van der Waals surface area contributed by atoms with Gasteiger partial charge in [0.05, 0.1) is 17.8 Å². The van der Waals surface area contributed by atoms with E-state index in [4.69, 9.17) is 21.6 Å². The number of nitrogens with zero attached hydrogens (tertiary/aromatic N) is 2. The molecule has 1 aromatic heterocycles. The van der Waals surface area contributed by atoms with Crippen molar-refractivity contribution in [1.29, 1.82) is 0 Å². The Balaban J connectivity index is 2.26. The lowest BCUT2D eigenvalue weighted by Crippen LogP contribution is -2.30. The Kier molecular flexibility index (Phi) is 3.47. The first-order valence-electron chi connectivity index (χ1n) is 4.88. The second-order valence-corrected chi connectivity index (χ2v) is 4.06. The largest absolute Gasteiger partial charge is 0.488 e. The molecule has 1 aromatic carbocycles. The van der Waals surface area contributed by atoms with Gasteiger partial charge in [0.2, 0.25) is 0 Å². The Morgan fingerprint density at radius 2 is 2.12 bits per heavy atom. The summed E-state index contributed by atoms with van der Waals surface area (Å²) in [7, 11) is -1.69. The minimum atomic E-state index is -1.69. The van der Waals surface area contributed by atoms with E-state index in [-0.39, 0.29) is 5.46 Å². The van der Waals surface area contributed by atoms with E-state index in [1.807, 2.05) is 0 Å². The van der Waals surface area contributed by atoms with Crippen LogP contribution >= 0.6 is 11.6 Å². The van der Waals surface area contributed by atoms with Gasteiger partial charge in [-0.1, -0.05) is 17.7 Å². The number of aromatic nitrogens is 2. The predicted molar refractivity (Wildman–Crippen MR) is 62.6 cm³/mol. The van der Waals surface area contributed by atoms with E-state index < -0.39 is 12.9 Å². The monoisotopic (exact) mass is 254 g/mol. The standard InChI is InChI=1S/C10H9BClFN2O2/c12-9-4-14-15(6-9)5-7-1-8(11(16)17)3-10(13)2-7/h1-4,6,16-17H,5H2. The molecule has 0 saturated carbocycles. The third kappa shape index (κ3) is 3.06. The first-order valence-corrected chi connectivity index (χ1v) is 5.26. The number of hydrogen-bond acceptors (Lipinski definition) is 3. The van der Waals surface area contributed by atoms with Crippen LogP contribution < -0.4 is 5.46 Å². The van der Waals surface area contributed by atoms with Crippen LogP contribution in [0.25, 0.3) is 0 Å². The van der Waals surface area contributed by atoms with E-state index in [2.05, 4.69) is 5.10 Å². The van der Waals surface area contributed by atoms with Gasteiger partial charge in [0.25, 0.3) is 0 Å². The molecule has 0 amide bonds. The minimum Gasteiger partial charge on any atom is -0.423 e. The molecule has 0 aliphatic heterocycles. The van der Waals surface area contributed by atoms with Crippen molar-refractivity contribution in [1.82, 2.24) is 9.78 Å². The molecule has 0 spiro atoms. The fraction of sp³-hybridized carbons (Fsp3) is 0.100. The normalized spacial score (nSPS) is 10.6. The highest BCUT2D eigenvalue weighted by atomic mass is 35.5. The average molecular weight is 254 g/mol. The minimum absolute atomic E-state index is 0.109.